The average molecular weight is 332 g/mol. The molecule has 0 unspecified atom stereocenters. The Hall–Kier alpha value is -1.81. The van der Waals surface area contributed by atoms with Crippen LogP contribution in [0.3, 0.4) is 0 Å². The lowest BCUT2D eigenvalue weighted by molar-refractivity contribution is 0.0729. The van der Waals surface area contributed by atoms with Gasteiger partial charge in [-0.25, -0.2) is 0 Å². The molecule has 1 saturated carbocycles. The second-order valence-electron chi connectivity index (χ2n) is 6.15. The summed E-state index contributed by atoms with van der Waals surface area (Å²) in [6.07, 6.45) is 5.01. The van der Waals surface area contributed by atoms with Crippen LogP contribution in [0, 0.1) is 6.92 Å². The number of carbonyl (C=O) groups is 1. The minimum atomic E-state index is 0.0623. The molecule has 0 N–H and O–H groups in total. The summed E-state index contributed by atoms with van der Waals surface area (Å²) in [5.74, 6) is 0.0623. The smallest absolute Gasteiger partial charge is 0.257 e. The Balaban J connectivity index is 1.84. The summed E-state index contributed by atoms with van der Waals surface area (Å²) in [6, 6.07) is 8.05. The van der Waals surface area contributed by atoms with Crippen LogP contribution in [0.4, 0.5) is 0 Å². The molecule has 1 aromatic heterocycles. The highest BCUT2D eigenvalue weighted by Gasteiger charge is 2.34. The van der Waals surface area contributed by atoms with Gasteiger partial charge in [-0.05, 0) is 37.8 Å². The van der Waals surface area contributed by atoms with E-state index < -0.39 is 0 Å². The van der Waals surface area contributed by atoms with E-state index in [0.29, 0.717) is 23.2 Å². The maximum absolute atomic E-state index is 13.0. The van der Waals surface area contributed by atoms with Crippen molar-refractivity contribution in [3.05, 3.63) is 52.3 Å². The monoisotopic (exact) mass is 331 g/mol. The largest absolute Gasteiger partial charge is 0.331 e. The van der Waals surface area contributed by atoms with Gasteiger partial charge < -0.3 is 4.90 Å². The second-order valence-corrected chi connectivity index (χ2v) is 6.55. The molecule has 0 saturated heterocycles. The first kappa shape index (κ1) is 16.1. The maximum atomic E-state index is 13.0. The highest BCUT2D eigenvalue weighted by molar-refractivity contribution is 6.31. The summed E-state index contributed by atoms with van der Waals surface area (Å²) in [6.45, 7) is 5.40. The van der Waals surface area contributed by atoms with Crippen molar-refractivity contribution in [2.45, 2.75) is 52.2 Å². The van der Waals surface area contributed by atoms with Gasteiger partial charge in [-0.15, -0.1) is 0 Å². The Morgan fingerprint density at radius 3 is 2.78 bits per heavy atom. The van der Waals surface area contributed by atoms with Crippen LogP contribution in [0.1, 0.15) is 47.8 Å². The third kappa shape index (κ3) is 3.58. The lowest BCUT2D eigenvalue weighted by Crippen LogP contribution is -2.33. The summed E-state index contributed by atoms with van der Waals surface area (Å²) < 4.78 is 1.86. The molecular weight excluding hydrogens is 310 g/mol. The molecule has 4 nitrogen and oxygen atoms in total. The van der Waals surface area contributed by atoms with Crippen molar-refractivity contribution >= 4 is 17.5 Å². The zero-order valence-electron chi connectivity index (χ0n) is 13.6. The first-order chi connectivity index (χ1) is 11.1. The van der Waals surface area contributed by atoms with E-state index in [1.165, 1.54) is 0 Å². The molecule has 3 rings (SSSR count). The highest BCUT2D eigenvalue weighted by atomic mass is 35.5. The molecule has 1 aliphatic rings. The zero-order valence-corrected chi connectivity index (χ0v) is 14.4. The molecule has 1 aliphatic carbocycles. The molecule has 1 heterocycles. The van der Waals surface area contributed by atoms with E-state index in [2.05, 4.69) is 12.0 Å². The molecule has 0 spiro atoms. The Morgan fingerprint density at radius 2 is 2.13 bits per heavy atom. The van der Waals surface area contributed by atoms with Gasteiger partial charge in [0.05, 0.1) is 11.3 Å². The van der Waals surface area contributed by atoms with Crippen molar-refractivity contribution in [3.63, 3.8) is 0 Å². The molecule has 5 heteroatoms. The van der Waals surface area contributed by atoms with Gasteiger partial charge in [-0.3, -0.25) is 9.48 Å². The minimum absolute atomic E-state index is 0.0623. The van der Waals surface area contributed by atoms with E-state index in [1.54, 1.807) is 0 Å². The van der Waals surface area contributed by atoms with E-state index in [0.717, 1.165) is 37.1 Å². The van der Waals surface area contributed by atoms with Gasteiger partial charge in [0.15, 0.2) is 0 Å². The minimum Gasteiger partial charge on any atom is -0.331 e. The summed E-state index contributed by atoms with van der Waals surface area (Å²) >= 11 is 6.27. The molecule has 23 heavy (non-hydrogen) atoms. The fourth-order valence-electron chi connectivity index (χ4n) is 2.79. The van der Waals surface area contributed by atoms with Crippen LogP contribution in [0.2, 0.25) is 5.02 Å². The number of nitrogens with zero attached hydrogens (tertiary/aromatic N) is 3. The van der Waals surface area contributed by atoms with Gasteiger partial charge in [0.2, 0.25) is 0 Å². The van der Waals surface area contributed by atoms with Gasteiger partial charge >= 0.3 is 0 Å². The molecule has 1 fully saturated rings. The molecule has 0 bridgehead atoms. The van der Waals surface area contributed by atoms with Crippen molar-refractivity contribution in [3.8, 4) is 0 Å². The van der Waals surface area contributed by atoms with Crippen LogP contribution in [0.15, 0.2) is 30.5 Å². The van der Waals surface area contributed by atoms with E-state index in [4.69, 9.17) is 11.6 Å². The van der Waals surface area contributed by atoms with E-state index in [-0.39, 0.29) is 5.91 Å². The van der Waals surface area contributed by atoms with E-state index in [9.17, 15) is 4.79 Å². The Morgan fingerprint density at radius 1 is 1.39 bits per heavy atom. The second kappa shape index (κ2) is 6.75. The fraction of sp³-hybridized carbons (Fsp3) is 0.444. The van der Waals surface area contributed by atoms with E-state index in [1.807, 2.05) is 47.0 Å². The lowest BCUT2D eigenvalue weighted by atomic mass is 10.1. The molecule has 0 aliphatic heterocycles. The average Bonchev–Trinajstić information content (AvgIpc) is 3.30. The number of hydrogen-bond donors (Lipinski definition) is 0. The Labute approximate surface area is 142 Å². The number of hydrogen-bond acceptors (Lipinski definition) is 2. The van der Waals surface area contributed by atoms with Crippen molar-refractivity contribution in [2.75, 3.05) is 0 Å². The maximum Gasteiger partial charge on any atom is 0.257 e. The topological polar surface area (TPSA) is 38.1 Å². The van der Waals surface area contributed by atoms with Crippen molar-refractivity contribution < 1.29 is 4.79 Å². The van der Waals surface area contributed by atoms with Crippen molar-refractivity contribution in [1.82, 2.24) is 14.7 Å². The number of halogens is 1. The molecule has 0 radical (unpaired) electrons. The predicted molar refractivity (Wildman–Crippen MR) is 91.6 cm³/mol. The Bertz CT molecular complexity index is 706. The van der Waals surface area contributed by atoms with Crippen molar-refractivity contribution in [2.24, 2.45) is 0 Å². The first-order valence-electron chi connectivity index (χ1n) is 8.18. The number of amides is 1. The zero-order chi connectivity index (χ0) is 16.4. The summed E-state index contributed by atoms with van der Waals surface area (Å²) in [5, 5.41) is 5.16. The number of carbonyl (C=O) groups excluding carboxylic acids is 1. The van der Waals surface area contributed by atoms with Crippen LogP contribution in [0.5, 0.6) is 0 Å². The SMILES string of the molecule is CCCn1cc(C(=O)N(Cc2ccccc2Cl)C2CC2)c(C)n1. The van der Waals surface area contributed by atoms with E-state index >= 15 is 0 Å². The van der Waals surface area contributed by atoms with Crippen LogP contribution in [-0.2, 0) is 13.1 Å². The molecule has 1 amide bonds. The molecule has 2 aromatic rings. The fourth-order valence-corrected chi connectivity index (χ4v) is 2.98. The predicted octanol–water partition coefficient (Wildman–Crippen LogP) is 4.06. The normalized spacial score (nSPS) is 14.0. The van der Waals surface area contributed by atoms with Gasteiger partial charge in [0.25, 0.3) is 5.91 Å². The van der Waals surface area contributed by atoms with Crippen LogP contribution in [-0.4, -0.2) is 26.6 Å². The van der Waals surface area contributed by atoms with Crippen LogP contribution in [0.25, 0.3) is 0 Å². The third-order valence-electron chi connectivity index (χ3n) is 4.18. The summed E-state index contributed by atoms with van der Waals surface area (Å²) in [5.41, 5.74) is 2.50. The molecular formula is C18H22ClN3O. The lowest BCUT2D eigenvalue weighted by Gasteiger charge is -2.23. The summed E-state index contributed by atoms with van der Waals surface area (Å²) in [4.78, 5) is 15.0. The van der Waals surface area contributed by atoms with Gasteiger partial charge in [-0.1, -0.05) is 36.7 Å². The number of rotatable bonds is 6. The van der Waals surface area contributed by atoms with Gasteiger partial charge in [0, 0.05) is 30.4 Å². The molecule has 0 atom stereocenters. The van der Waals surface area contributed by atoms with Crippen LogP contribution < -0.4 is 0 Å². The quantitative estimate of drug-likeness (QED) is 0.800. The van der Waals surface area contributed by atoms with Gasteiger partial charge in [0.1, 0.15) is 0 Å². The molecule has 1 aromatic carbocycles. The van der Waals surface area contributed by atoms with Gasteiger partial charge in [-0.2, -0.15) is 5.10 Å². The highest BCUT2D eigenvalue weighted by Crippen LogP contribution is 2.31. The Kier molecular flexibility index (Phi) is 4.71. The standard InChI is InChI=1S/C18H22ClN3O/c1-3-10-21-12-16(13(2)20-21)18(23)22(15-8-9-15)11-14-6-4-5-7-17(14)19/h4-7,12,15H,3,8-11H2,1-2H3. The van der Waals surface area contributed by atoms with Crippen molar-refractivity contribution in [1.29, 1.82) is 0 Å². The number of aromatic nitrogens is 2. The first-order valence-corrected chi connectivity index (χ1v) is 8.56. The summed E-state index contributed by atoms with van der Waals surface area (Å²) in [7, 11) is 0. The number of aryl methyl sites for hydroxylation is 2. The number of benzene rings is 1. The third-order valence-corrected chi connectivity index (χ3v) is 4.55. The van der Waals surface area contributed by atoms with Crippen LogP contribution >= 0.6 is 11.6 Å². The molecule has 122 valence electrons.